The molecule has 8 nitrogen and oxygen atoms in total. The van der Waals surface area contributed by atoms with Crippen molar-refractivity contribution < 1.29 is 78.6 Å². The SMILES string of the molecule is CC(C)=CC(=O)O.CC(C)=CC(=O)O.CC(C)=CC(=O)O.CC(C)=CC(=O)O.[Zn].[Zn]. The van der Waals surface area contributed by atoms with Gasteiger partial charge in [-0.3, -0.25) is 0 Å². The van der Waals surface area contributed by atoms with E-state index < -0.39 is 23.9 Å². The number of aliphatic carboxylic acids is 4. The Morgan fingerprint density at radius 2 is 0.500 bits per heavy atom. The molecule has 0 spiro atoms. The van der Waals surface area contributed by atoms with Crippen LogP contribution in [0.25, 0.3) is 0 Å². The van der Waals surface area contributed by atoms with Crippen LogP contribution in [0.5, 0.6) is 0 Å². The van der Waals surface area contributed by atoms with Crippen molar-refractivity contribution >= 4 is 23.9 Å². The average Bonchev–Trinajstić information content (AvgIpc) is 2.32. The van der Waals surface area contributed by atoms with Gasteiger partial charge in [-0.25, -0.2) is 19.2 Å². The number of hydrogen-bond donors (Lipinski definition) is 4. The van der Waals surface area contributed by atoms with Crippen molar-refractivity contribution in [1.29, 1.82) is 0 Å². The molecule has 0 atom stereocenters. The number of carboxylic acid groups (broad SMARTS) is 4. The third-order valence-electron chi connectivity index (χ3n) is 1.65. The minimum Gasteiger partial charge on any atom is -0.478 e. The van der Waals surface area contributed by atoms with Gasteiger partial charge < -0.3 is 20.4 Å². The summed E-state index contributed by atoms with van der Waals surface area (Å²) in [4.78, 5) is 38.9. The maximum Gasteiger partial charge on any atom is 0.328 e. The molecule has 164 valence electrons. The minimum absolute atomic E-state index is 0. The Bertz CT molecular complexity index is 517. The van der Waals surface area contributed by atoms with E-state index >= 15 is 0 Å². The molecule has 0 unspecified atom stereocenters. The quantitative estimate of drug-likeness (QED) is 0.313. The molecule has 30 heavy (non-hydrogen) atoms. The summed E-state index contributed by atoms with van der Waals surface area (Å²) >= 11 is 0. The molecular weight excluding hydrogens is 499 g/mol. The van der Waals surface area contributed by atoms with Gasteiger partial charge in [0.2, 0.25) is 0 Å². The second kappa shape index (κ2) is 27.1. The predicted molar refractivity (Wildman–Crippen MR) is 108 cm³/mol. The van der Waals surface area contributed by atoms with Gasteiger partial charge in [-0.1, -0.05) is 22.3 Å². The monoisotopic (exact) mass is 528 g/mol. The Morgan fingerprint density at radius 3 is 0.500 bits per heavy atom. The second-order valence-corrected chi connectivity index (χ2v) is 6.24. The molecule has 0 aromatic rings. The average molecular weight is 531 g/mol. The molecule has 0 aliphatic carbocycles. The third kappa shape index (κ3) is 82.7. The summed E-state index contributed by atoms with van der Waals surface area (Å²) in [6.07, 6.45) is 4.67. The summed E-state index contributed by atoms with van der Waals surface area (Å²) in [6, 6.07) is 0. The molecule has 0 amide bonds. The van der Waals surface area contributed by atoms with Crippen molar-refractivity contribution in [2.24, 2.45) is 0 Å². The first-order valence-corrected chi connectivity index (χ1v) is 8.02. The maximum atomic E-state index is 9.73. The molecule has 0 bridgehead atoms. The molecule has 0 fully saturated rings. The predicted octanol–water partition coefficient (Wildman–Crippen LogP) is 4.14. The first kappa shape index (κ1) is 42.2. The molecule has 4 N–H and O–H groups in total. The van der Waals surface area contributed by atoms with Crippen molar-refractivity contribution in [2.75, 3.05) is 0 Å². The van der Waals surface area contributed by atoms with E-state index in [-0.39, 0.29) is 39.0 Å². The summed E-state index contributed by atoms with van der Waals surface area (Å²) in [5.74, 6) is -3.50. The van der Waals surface area contributed by atoms with Crippen LogP contribution in [-0.4, -0.2) is 44.3 Å². The summed E-state index contributed by atoms with van der Waals surface area (Å²) in [6.45, 7) is 14.0. The summed E-state index contributed by atoms with van der Waals surface area (Å²) in [7, 11) is 0. The number of rotatable bonds is 4. The van der Waals surface area contributed by atoms with Crippen LogP contribution in [0.2, 0.25) is 0 Å². The van der Waals surface area contributed by atoms with E-state index in [2.05, 4.69) is 0 Å². The maximum absolute atomic E-state index is 9.73. The number of hydrogen-bond acceptors (Lipinski definition) is 4. The molecule has 0 aromatic heterocycles. The molecule has 0 saturated carbocycles. The topological polar surface area (TPSA) is 149 Å². The van der Waals surface area contributed by atoms with Crippen molar-refractivity contribution in [2.45, 2.75) is 55.4 Å². The molecule has 0 radical (unpaired) electrons. The van der Waals surface area contributed by atoms with Crippen LogP contribution < -0.4 is 0 Å². The van der Waals surface area contributed by atoms with E-state index in [1.165, 1.54) is 24.3 Å². The van der Waals surface area contributed by atoms with Crippen LogP contribution in [0.15, 0.2) is 46.6 Å². The number of carbonyl (C=O) groups is 4. The van der Waals surface area contributed by atoms with Crippen LogP contribution in [0, 0.1) is 0 Å². The van der Waals surface area contributed by atoms with Gasteiger partial charge >= 0.3 is 23.9 Å². The first-order chi connectivity index (χ1) is 12.5. The standard InChI is InChI=1S/4C5H8O2.2Zn/c4*1-4(2)3-5(6)7;;/h4*3H,1-2H3,(H,6,7);;. The van der Waals surface area contributed by atoms with Gasteiger partial charge in [0.05, 0.1) is 0 Å². The van der Waals surface area contributed by atoms with Crippen molar-refractivity contribution in [3.05, 3.63) is 46.6 Å². The van der Waals surface area contributed by atoms with Gasteiger partial charge in [-0.2, -0.15) is 0 Å². The molecule has 0 aliphatic heterocycles. The normalized spacial score (nSPS) is 7.20. The Balaban J connectivity index is -0.0000000626. The van der Waals surface area contributed by atoms with Gasteiger partial charge in [-0.05, 0) is 55.4 Å². The largest absolute Gasteiger partial charge is 0.478 e. The van der Waals surface area contributed by atoms with Crippen LogP contribution in [-0.2, 0) is 58.1 Å². The first-order valence-electron chi connectivity index (χ1n) is 8.02. The third-order valence-corrected chi connectivity index (χ3v) is 1.65. The zero-order valence-electron chi connectivity index (χ0n) is 19.1. The summed E-state index contributed by atoms with van der Waals surface area (Å²) in [5, 5.41) is 32.0. The molecular formula is C20H32O8Zn2. The molecule has 0 aromatic carbocycles. The zero-order chi connectivity index (χ0) is 23.4. The fourth-order valence-electron chi connectivity index (χ4n) is 0.988. The summed E-state index contributed by atoms with van der Waals surface area (Å²) in [5.41, 5.74) is 3.25. The number of allylic oxidation sites excluding steroid dienone is 4. The Morgan fingerprint density at radius 1 is 0.400 bits per heavy atom. The van der Waals surface area contributed by atoms with Crippen molar-refractivity contribution in [3.63, 3.8) is 0 Å². The van der Waals surface area contributed by atoms with Crippen molar-refractivity contribution in [3.8, 4) is 0 Å². The minimum atomic E-state index is -0.875. The van der Waals surface area contributed by atoms with E-state index in [9.17, 15) is 19.2 Å². The van der Waals surface area contributed by atoms with Gasteiger partial charge in [0, 0.05) is 63.3 Å². The van der Waals surface area contributed by atoms with Crippen LogP contribution in [0.4, 0.5) is 0 Å². The van der Waals surface area contributed by atoms with E-state index in [0.29, 0.717) is 0 Å². The van der Waals surface area contributed by atoms with Gasteiger partial charge in [-0.15, -0.1) is 0 Å². The molecule has 0 heterocycles. The Labute approximate surface area is 204 Å². The van der Waals surface area contributed by atoms with Crippen LogP contribution in [0.3, 0.4) is 0 Å². The second-order valence-electron chi connectivity index (χ2n) is 6.24. The van der Waals surface area contributed by atoms with Gasteiger partial charge in [0.15, 0.2) is 0 Å². The molecule has 10 heteroatoms. The molecule has 0 aliphatic rings. The summed E-state index contributed by atoms with van der Waals surface area (Å²) < 4.78 is 0. The fourth-order valence-corrected chi connectivity index (χ4v) is 0.988. The zero-order valence-corrected chi connectivity index (χ0v) is 25.1. The van der Waals surface area contributed by atoms with E-state index in [1.54, 1.807) is 55.4 Å². The van der Waals surface area contributed by atoms with E-state index in [1.807, 2.05) is 0 Å². The molecule has 0 saturated heterocycles. The Kier molecular flexibility index (Phi) is 38.1. The fraction of sp³-hybridized carbons (Fsp3) is 0.400. The van der Waals surface area contributed by atoms with Crippen molar-refractivity contribution in [1.82, 2.24) is 0 Å². The van der Waals surface area contributed by atoms with Crippen LogP contribution >= 0.6 is 0 Å². The number of carboxylic acids is 4. The smallest absolute Gasteiger partial charge is 0.328 e. The van der Waals surface area contributed by atoms with E-state index in [0.717, 1.165) is 22.3 Å². The Hall–Kier alpha value is -1.91. The van der Waals surface area contributed by atoms with Gasteiger partial charge in [0.25, 0.3) is 0 Å². The van der Waals surface area contributed by atoms with Gasteiger partial charge in [0.1, 0.15) is 0 Å². The molecule has 0 rings (SSSR count). The van der Waals surface area contributed by atoms with E-state index in [4.69, 9.17) is 20.4 Å². The van der Waals surface area contributed by atoms with Crippen LogP contribution in [0.1, 0.15) is 55.4 Å².